The van der Waals surface area contributed by atoms with Gasteiger partial charge in [0.05, 0.1) is 0 Å². The first-order valence-corrected chi connectivity index (χ1v) is 13.9. The Morgan fingerprint density at radius 2 is 1.90 bits per heavy atom. The van der Waals surface area contributed by atoms with Gasteiger partial charge in [-0.05, 0) is 68.1 Å². The average molecular weight is 532 g/mol. The number of rotatable bonds is 8. The van der Waals surface area contributed by atoms with Crippen molar-refractivity contribution in [2.45, 2.75) is 71.4 Å². The number of imidazole rings is 1. The molecule has 2 N–H and O–H groups in total. The van der Waals surface area contributed by atoms with Crippen LogP contribution in [0.15, 0.2) is 40.2 Å². The molecule has 39 heavy (non-hydrogen) atoms. The largest absolute Gasteiger partial charge is 0.439 e. The molecule has 4 aromatic rings. The Balaban J connectivity index is 1.50. The standard InChI is InChI=1S/C29H34FN7O2/c1-16-7-9-19(10-8-16)15-37-23-24(31-18(3)21-5-4-6-21)32-26(27-35-29(38)39-36-27)33-25(23)34-28(37)17(2)20-11-13-22(30)14-12-20/h11-14,16,18-19,21H,2,4-10,15H2,1,3H3,(H,31,32,33)(H,35,36,38)/t16-,18-,19-/m1/s1. The Morgan fingerprint density at radius 1 is 1.15 bits per heavy atom. The predicted molar refractivity (Wildman–Crippen MR) is 148 cm³/mol. The van der Waals surface area contributed by atoms with Gasteiger partial charge < -0.3 is 9.88 Å². The smallest absolute Gasteiger partial charge is 0.365 e. The highest BCUT2D eigenvalue weighted by Crippen LogP contribution is 2.36. The Morgan fingerprint density at radius 3 is 2.54 bits per heavy atom. The van der Waals surface area contributed by atoms with Crippen molar-refractivity contribution in [1.82, 2.24) is 29.7 Å². The highest BCUT2D eigenvalue weighted by molar-refractivity contribution is 5.89. The van der Waals surface area contributed by atoms with E-state index in [1.54, 1.807) is 12.1 Å². The zero-order chi connectivity index (χ0) is 27.1. The van der Waals surface area contributed by atoms with E-state index in [2.05, 4.69) is 40.5 Å². The first kappa shape index (κ1) is 25.5. The predicted octanol–water partition coefficient (Wildman–Crippen LogP) is 5.80. The molecule has 1 aromatic carbocycles. The molecule has 2 fully saturated rings. The van der Waals surface area contributed by atoms with Gasteiger partial charge in [-0.25, -0.2) is 24.1 Å². The Labute approximate surface area is 226 Å². The van der Waals surface area contributed by atoms with E-state index >= 15 is 0 Å². The van der Waals surface area contributed by atoms with Crippen molar-refractivity contribution < 1.29 is 8.91 Å². The SMILES string of the molecule is C=C(c1ccc(F)cc1)c1nc2nc(-c3noc(=O)[nH]3)nc(N[C@H](C)C3CCC3)c2n1C[C@H]1CC[C@H](C)CC1. The van der Waals surface area contributed by atoms with Crippen molar-refractivity contribution in [2.75, 3.05) is 5.32 Å². The molecule has 0 aliphatic heterocycles. The lowest BCUT2D eigenvalue weighted by Gasteiger charge is -2.32. The summed E-state index contributed by atoms with van der Waals surface area (Å²) in [4.78, 5) is 28.7. The molecule has 0 bridgehead atoms. The monoisotopic (exact) mass is 531 g/mol. The molecule has 0 radical (unpaired) electrons. The van der Waals surface area contributed by atoms with Gasteiger partial charge in [-0.2, -0.15) is 0 Å². The molecule has 3 aromatic heterocycles. The molecule has 2 saturated carbocycles. The van der Waals surface area contributed by atoms with Gasteiger partial charge in [0.1, 0.15) is 17.2 Å². The lowest BCUT2D eigenvalue weighted by Crippen LogP contribution is -2.31. The molecular formula is C29H34FN7O2. The summed E-state index contributed by atoms with van der Waals surface area (Å²) < 4.78 is 20.6. The summed E-state index contributed by atoms with van der Waals surface area (Å²) in [7, 11) is 0. The molecule has 6 rings (SSSR count). The second kappa shape index (κ2) is 10.4. The number of aromatic nitrogens is 6. The third-order valence-corrected chi connectivity index (χ3v) is 8.52. The third-order valence-electron chi connectivity index (χ3n) is 8.52. The fraction of sp³-hybridized carbons (Fsp3) is 0.483. The number of hydrogen-bond acceptors (Lipinski definition) is 7. The van der Waals surface area contributed by atoms with Crippen molar-refractivity contribution >= 4 is 22.6 Å². The number of hydrogen-bond donors (Lipinski definition) is 2. The van der Waals surface area contributed by atoms with Crippen LogP contribution in [-0.4, -0.2) is 35.7 Å². The van der Waals surface area contributed by atoms with Gasteiger partial charge in [0.15, 0.2) is 11.5 Å². The van der Waals surface area contributed by atoms with Gasteiger partial charge in [0.2, 0.25) is 11.6 Å². The van der Waals surface area contributed by atoms with Gasteiger partial charge in [-0.1, -0.05) is 50.1 Å². The fourth-order valence-corrected chi connectivity index (χ4v) is 5.80. The van der Waals surface area contributed by atoms with Crippen molar-refractivity contribution in [2.24, 2.45) is 17.8 Å². The maximum absolute atomic E-state index is 13.7. The molecule has 0 amide bonds. The Bertz CT molecular complexity index is 1540. The summed E-state index contributed by atoms with van der Waals surface area (Å²) in [5, 5.41) is 7.46. The third kappa shape index (κ3) is 5.12. The number of nitrogens with zero attached hydrogens (tertiary/aromatic N) is 5. The molecule has 1 atom stereocenters. The number of anilines is 1. The van der Waals surface area contributed by atoms with Crippen LogP contribution < -0.4 is 11.1 Å². The first-order chi connectivity index (χ1) is 18.9. The van der Waals surface area contributed by atoms with Crippen molar-refractivity contribution in [3.8, 4) is 11.6 Å². The Hall–Kier alpha value is -3.82. The van der Waals surface area contributed by atoms with Crippen molar-refractivity contribution in [1.29, 1.82) is 0 Å². The Kier molecular flexibility index (Phi) is 6.78. The van der Waals surface area contributed by atoms with Crippen LogP contribution in [0.4, 0.5) is 10.2 Å². The van der Waals surface area contributed by atoms with E-state index in [9.17, 15) is 9.18 Å². The zero-order valence-electron chi connectivity index (χ0n) is 22.4. The maximum atomic E-state index is 13.7. The van der Waals surface area contributed by atoms with E-state index in [4.69, 9.17) is 19.5 Å². The molecule has 0 unspecified atom stereocenters. The van der Waals surface area contributed by atoms with Gasteiger partial charge in [0.25, 0.3) is 0 Å². The minimum absolute atomic E-state index is 0.149. The van der Waals surface area contributed by atoms with E-state index < -0.39 is 5.76 Å². The molecule has 0 spiro atoms. The second-order valence-corrected chi connectivity index (χ2v) is 11.3. The van der Waals surface area contributed by atoms with Gasteiger partial charge in [-0.15, -0.1) is 0 Å². The number of nitrogens with one attached hydrogen (secondary N) is 2. The number of halogens is 1. The highest BCUT2D eigenvalue weighted by atomic mass is 19.1. The normalized spacial score (nSPS) is 20.6. The van der Waals surface area contributed by atoms with E-state index in [-0.39, 0.29) is 23.5 Å². The lowest BCUT2D eigenvalue weighted by molar-refractivity contribution is 0.266. The number of H-pyrrole nitrogens is 1. The molecule has 2 aliphatic carbocycles. The zero-order valence-corrected chi connectivity index (χ0v) is 22.4. The molecule has 0 saturated heterocycles. The van der Waals surface area contributed by atoms with E-state index in [1.807, 2.05) is 0 Å². The summed E-state index contributed by atoms with van der Waals surface area (Å²) in [6.45, 7) is 9.62. The minimum Gasteiger partial charge on any atom is -0.365 e. The molecular weight excluding hydrogens is 497 g/mol. The minimum atomic E-state index is -0.673. The summed E-state index contributed by atoms with van der Waals surface area (Å²) >= 11 is 0. The molecule has 10 heteroatoms. The fourth-order valence-electron chi connectivity index (χ4n) is 5.80. The van der Waals surface area contributed by atoms with Gasteiger partial charge >= 0.3 is 5.76 Å². The first-order valence-electron chi connectivity index (χ1n) is 13.9. The van der Waals surface area contributed by atoms with E-state index in [1.165, 1.54) is 44.2 Å². The van der Waals surface area contributed by atoms with Crippen molar-refractivity contribution in [3.05, 3.63) is 58.6 Å². The molecule has 9 nitrogen and oxygen atoms in total. The summed E-state index contributed by atoms with van der Waals surface area (Å²) in [6, 6.07) is 6.51. The maximum Gasteiger partial charge on any atom is 0.439 e. The van der Waals surface area contributed by atoms with Crippen molar-refractivity contribution in [3.63, 3.8) is 0 Å². The van der Waals surface area contributed by atoms with Crippen LogP contribution in [0.3, 0.4) is 0 Å². The van der Waals surface area contributed by atoms with Gasteiger partial charge in [-0.3, -0.25) is 9.51 Å². The van der Waals surface area contributed by atoms with Crippen LogP contribution in [0.2, 0.25) is 0 Å². The second-order valence-electron chi connectivity index (χ2n) is 11.3. The topological polar surface area (TPSA) is 115 Å². The number of aromatic amines is 1. The summed E-state index contributed by atoms with van der Waals surface area (Å²) in [6.07, 6.45) is 8.29. The van der Waals surface area contributed by atoms with E-state index in [0.29, 0.717) is 34.7 Å². The van der Waals surface area contributed by atoms with Crippen LogP contribution in [-0.2, 0) is 6.54 Å². The average Bonchev–Trinajstić information content (AvgIpc) is 3.48. The van der Waals surface area contributed by atoms with Crippen LogP contribution in [0.1, 0.15) is 70.2 Å². The van der Waals surface area contributed by atoms with Crippen LogP contribution in [0.25, 0.3) is 28.4 Å². The van der Waals surface area contributed by atoms with Gasteiger partial charge in [0, 0.05) is 18.2 Å². The van der Waals surface area contributed by atoms with Crippen LogP contribution >= 0.6 is 0 Å². The van der Waals surface area contributed by atoms with Crippen LogP contribution in [0.5, 0.6) is 0 Å². The van der Waals surface area contributed by atoms with Crippen LogP contribution in [0, 0.1) is 23.6 Å². The quantitative estimate of drug-likeness (QED) is 0.295. The summed E-state index contributed by atoms with van der Waals surface area (Å²) in [5.41, 5.74) is 2.75. The molecule has 3 heterocycles. The van der Waals surface area contributed by atoms with E-state index in [0.717, 1.165) is 36.4 Å². The molecule has 204 valence electrons. The number of fused-ring (bicyclic) bond motifs is 1. The molecule has 2 aliphatic rings. The summed E-state index contributed by atoms with van der Waals surface area (Å²) in [5.74, 6) is 2.52. The number of benzene rings is 1. The highest BCUT2D eigenvalue weighted by Gasteiger charge is 2.29. The lowest BCUT2D eigenvalue weighted by atomic mass is 9.80.